The number of fused-ring (bicyclic) bond motifs is 1. The fraction of sp³-hybridized carbons (Fsp3) is 0.690. The van der Waals surface area contributed by atoms with Gasteiger partial charge in [0.15, 0.2) is 5.75 Å². The highest BCUT2D eigenvalue weighted by Gasteiger charge is 2.20. The van der Waals surface area contributed by atoms with Crippen molar-refractivity contribution in [2.75, 3.05) is 19.8 Å². The smallest absolute Gasteiger partial charge is 0.297 e. The maximum absolute atomic E-state index is 13.6. The lowest BCUT2D eigenvalue weighted by Crippen LogP contribution is -2.24. The van der Waals surface area contributed by atoms with E-state index in [0.29, 0.717) is 37.9 Å². The lowest BCUT2D eigenvalue weighted by molar-refractivity contribution is 0.259. The second kappa shape index (κ2) is 16.5. The second-order valence-electron chi connectivity index (χ2n) is 9.17. The number of rotatable bonds is 19. The Hall–Kier alpha value is -2.17. The summed E-state index contributed by atoms with van der Waals surface area (Å²) in [7, 11) is 0. The van der Waals surface area contributed by atoms with Crippen LogP contribution in [0.2, 0.25) is 0 Å². The van der Waals surface area contributed by atoms with Crippen LogP contribution in [0.4, 0.5) is 0 Å². The molecule has 5 heteroatoms. The van der Waals surface area contributed by atoms with Gasteiger partial charge in [-0.15, -0.1) is 0 Å². The normalized spacial score (nSPS) is 11.2. The third kappa shape index (κ3) is 8.56. The van der Waals surface area contributed by atoms with Crippen LogP contribution in [0.5, 0.6) is 17.2 Å². The van der Waals surface area contributed by atoms with E-state index in [4.69, 9.17) is 14.2 Å². The topological polar surface area (TPSA) is 49.7 Å². The first kappa shape index (κ1) is 28.1. The molecule has 0 fully saturated rings. The van der Waals surface area contributed by atoms with Crippen LogP contribution >= 0.6 is 0 Å². The molecule has 0 saturated heterocycles. The summed E-state index contributed by atoms with van der Waals surface area (Å²) in [4.78, 5) is 13.6. The van der Waals surface area contributed by atoms with Gasteiger partial charge in [0.05, 0.1) is 25.3 Å². The molecule has 0 spiro atoms. The van der Waals surface area contributed by atoms with Gasteiger partial charge in [-0.1, -0.05) is 79.1 Å². The molecule has 192 valence electrons. The average molecular weight is 474 g/mol. The predicted octanol–water partition coefficient (Wildman–Crippen LogP) is 7.90. The van der Waals surface area contributed by atoms with Crippen molar-refractivity contribution in [3.8, 4) is 17.2 Å². The third-order valence-corrected chi connectivity index (χ3v) is 6.14. The highest BCUT2D eigenvalue weighted by Crippen LogP contribution is 2.35. The average Bonchev–Trinajstić information content (AvgIpc) is 2.84. The molecule has 0 radical (unpaired) electrons. The minimum Gasteiger partial charge on any atom is -0.494 e. The van der Waals surface area contributed by atoms with Crippen LogP contribution in [0.3, 0.4) is 0 Å². The minimum atomic E-state index is -0.100. The van der Waals surface area contributed by atoms with Crippen molar-refractivity contribution in [2.24, 2.45) is 0 Å². The highest BCUT2D eigenvalue weighted by atomic mass is 16.5. The first-order valence-corrected chi connectivity index (χ1v) is 13.8. The molecule has 1 aromatic carbocycles. The van der Waals surface area contributed by atoms with Crippen LogP contribution in [0.15, 0.2) is 23.0 Å². The van der Waals surface area contributed by atoms with Crippen molar-refractivity contribution in [3.63, 3.8) is 0 Å². The first-order chi connectivity index (χ1) is 16.7. The third-order valence-electron chi connectivity index (χ3n) is 6.14. The van der Waals surface area contributed by atoms with Gasteiger partial charge in [0.25, 0.3) is 5.56 Å². The largest absolute Gasteiger partial charge is 0.494 e. The molecular weight excluding hydrogens is 426 g/mol. The maximum atomic E-state index is 13.6. The van der Waals surface area contributed by atoms with E-state index < -0.39 is 0 Å². The summed E-state index contributed by atoms with van der Waals surface area (Å²) in [5.41, 5.74) is 0.768. The van der Waals surface area contributed by atoms with Gasteiger partial charge in [-0.25, -0.2) is 0 Å². The molecule has 5 nitrogen and oxygen atoms in total. The Morgan fingerprint density at radius 2 is 1.24 bits per heavy atom. The van der Waals surface area contributed by atoms with E-state index >= 15 is 0 Å². The summed E-state index contributed by atoms with van der Waals surface area (Å²) in [6, 6.07) is 6.03. The molecule has 0 bridgehead atoms. The summed E-state index contributed by atoms with van der Waals surface area (Å²) >= 11 is 0. The SMILES string of the molecule is CCCCCCCCOc1ccc2c(OCCCC)c(OCCCC)c(=O)n(CCCC)c2c1. The fourth-order valence-electron chi connectivity index (χ4n) is 3.99. The Labute approximate surface area is 206 Å². The van der Waals surface area contributed by atoms with E-state index in [2.05, 4.69) is 27.7 Å². The molecule has 2 aromatic rings. The minimum absolute atomic E-state index is 0.100. The number of hydrogen-bond donors (Lipinski definition) is 0. The van der Waals surface area contributed by atoms with Crippen LogP contribution in [0, 0.1) is 0 Å². The summed E-state index contributed by atoms with van der Waals surface area (Å²) < 4.78 is 20.1. The fourth-order valence-corrected chi connectivity index (χ4v) is 3.99. The van der Waals surface area contributed by atoms with E-state index in [-0.39, 0.29) is 5.56 Å². The number of aromatic nitrogens is 1. The number of unbranched alkanes of at least 4 members (excludes halogenated alkanes) is 8. The quantitative estimate of drug-likeness (QED) is 0.195. The Morgan fingerprint density at radius 3 is 1.91 bits per heavy atom. The standard InChI is InChI=1S/C29H47NO4/c1-5-9-13-14-15-16-22-32-24-17-18-25-26(23-24)30(19-10-6-2)29(31)28(34-21-12-8-4)27(25)33-20-11-7-3/h17-18,23H,5-16,19-22H2,1-4H3. The van der Waals surface area contributed by atoms with Crippen LogP contribution in [0.25, 0.3) is 10.9 Å². The summed E-state index contributed by atoms with van der Waals surface area (Å²) in [5, 5.41) is 0.922. The van der Waals surface area contributed by atoms with Gasteiger partial charge in [-0.3, -0.25) is 4.79 Å². The summed E-state index contributed by atoms with van der Waals surface area (Å²) in [6.07, 6.45) is 13.3. The number of nitrogens with zero attached hydrogens (tertiary/aromatic N) is 1. The molecule has 0 saturated carbocycles. The van der Waals surface area contributed by atoms with E-state index in [1.807, 2.05) is 22.8 Å². The lowest BCUT2D eigenvalue weighted by Gasteiger charge is -2.19. The Morgan fingerprint density at radius 1 is 0.647 bits per heavy atom. The zero-order chi connectivity index (χ0) is 24.6. The van der Waals surface area contributed by atoms with Gasteiger partial charge in [-0.2, -0.15) is 0 Å². The molecule has 34 heavy (non-hydrogen) atoms. The number of hydrogen-bond acceptors (Lipinski definition) is 4. The number of ether oxygens (including phenoxy) is 3. The second-order valence-corrected chi connectivity index (χ2v) is 9.17. The van der Waals surface area contributed by atoms with E-state index in [9.17, 15) is 4.79 Å². The van der Waals surface area contributed by atoms with Crippen LogP contribution in [-0.4, -0.2) is 24.4 Å². The number of benzene rings is 1. The Balaban J connectivity index is 2.34. The molecule has 0 atom stereocenters. The number of aryl methyl sites for hydroxylation is 1. The van der Waals surface area contributed by atoms with Gasteiger partial charge in [0.1, 0.15) is 5.75 Å². The first-order valence-electron chi connectivity index (χ1n) is 13.8. The summed E-state index contributed by atoms with van der Waals surface area (Å²) in [6.45, 7) is 11.1. The maximum Gasteiger partial charge on any atom is 0.297 e. The molecule has 0 N–H and O–H groups in total. The Bertz CT molecular complexity index is 890. The predicted molar refractivity (Wildman–Crippen MR) is 143 cm³/mol. The Kier molecular flexibility index (Phi) is 13.6. The van der Waals surface area contributed by atoms with Crippen molar-refractivity contribution in [1.82, 2.24) is 4.57 Å². The van der Waals surface area contributed by atoms with Gasteiger partial charge in [-0.05, 0) is 37.8 Å². The van der Waals surface area contributed by atoms with Crippen molar-refractivity contribution >= 4 is 10.9 Å². The number of pyridine rings is 1. The molecule has 1 aromatic heterocycles. The molecule has 0 aliphatic carbocycles. The van der Waals surface area contributed by atoms with Crippen molar-refractivity contribution in [1.29, 1.82) is 0 Å². The van der Waals surface area contributed by atoms with Crippen molar-refractivity contribution in [3.05, 3.63) is 28.6 Å². The van der Waals surface area contributed by atoms with Crippen molar-refractivity contribution < 1.29 is 14.2 Å². The monoisotopic (exact) mass is 473 g/mol. The lowest BCUT2D eigenvalue weighted by atomic mass is 10.1. The molecule has 0 unspecified atom stereocenters. The molecule has 0 aliphatic heterocycles. The van der Waals surface area contributed by atoms with Gasteiger partial charge in [0.2, 0.25) is 5.75 Å². The van der Waals surface area contributed by atoms with E-state index in [1.165, 1.54) is 32.1 Å². The molecular formula is C29H47NO4. The van der Waals surface area contributed by atoms with Crippen LogP contribution in [0.1, 0.15) is 105 Å². The van der Waals surface area contributed by atoms with Gasteiger partial charge < -0.3 is 18.8 Å². The highest BCUT2D eigenvalue weighted by molar-refractivity contribution is 5.89. The van der Waals surface area contributed by atoms with E-state index in [0.717, 1.165) is 61.6 Å². The van der Waals surface area contributed by atoms with Gasteiger partial charge in [0, 0.05) is 18.0 Å². The van der Waals surface area contributed by atoms with Crippen molar-refractivity contribution in [2.45, 2.75) is 111 Å². The molecule has 1 heterocycles. The zero-order valence-corrected chi connectivity index (χ0v) is 22.1. The van der Waals surface area contributed by atoms with E-state index in [1.54, 1.807) is 0 Å². The molecule has 0 aliphatic rings. The zero-order valence-electron chi connectivity index (χ0n) is 22.1. The van der Waals surface area contributed by atoms with Crippen LogP contribution < -0.4 is 19.8 Å². The van der Waals surface area contributed by atoms with Crippen LogP contribution in [-0.2, 0) is 6.54 Å². The molecule has 2 rings (SSSR count). The van der Waals surface area contributed by atoms with Gasteiger partial charge >= 0.3 is 0 Å². The summed E-state index contributed by atoms with van der Waals surface area (Å²) in [5.74, 6) is 1.75. The molecule has 0 amide bonds.